The van der Waals surface area contributed by atoms with Crippen LogP contribution in [0.5, 0.6) is 5.75 Å². The van der Waals surface area contributed by atoms with E-state index in [2.05, 4.69) is 20.7 Å². The molecule has 0 spiro atoms. The molecule has 8 heteroatoms. The summed E-state index contributed by atoms with van der Waals surface area (Å²) in [5.74, 6) is -0.679. The summed E-state index contributed by atoms with van der Waals surface area (Å²) < 4.78 is 40.2. The van der Waals surface area contributed by atoms with E-state index in [0.717, 1.165) is 6.07 Å². The minimum absolute atomic E-state index is 0.252. The highest BCUT2D eigenvalue weighted by Crippen LogP contribution is 2.25. The number of hydrogen-bond acceptors (Lipinski definition) is 4. The Morgan fingerprint density at radius 2 is 2.10 bits per heavy atom. The summed E-state index contributed by atoms with van der Waals surface area (Å²) in [6, 6.07) is 5.03. The average Bonchev–Trinajstić information content (AvgIpc) is 2.37. The van der Waals surface area contributed by atoms with E-state index in [1.165, 1.54) is 18.2 Å². The highest BCUT2D eigenvalue weighted by Gasteiger charge is 2.31. The summed E-state index contributed by atoms with van der Waals surface area (Å²) in [7, 11) is 0. The largest absolute Gasteiger partial charge is 0.573 e. The first-order chi connectivity index (χ1) is 9.83. The molecule has 0 saturated carbocycles. The molecule has 1 aliphatic rings. The third kappa shape index (κ3) is 4.91. The fraction of sp³-hybridized carbons (Fsp3) is 0.462. The van der Waals surface area contributed by atoms with Crippen molar-refractivity contribution in [3.63, 3.8) is 0 Å². The zero-order chi connectivity index (χ0) is 15.5. The van der Waals surface area contributed by atoms with Gasteiger partial charge in [0.15, 0.2) is 0 Å². The summed E-state index contributed by atoms with van der Waals surface area (Å²) in [6.45, 7) is 3.10. The Balaban J connectivity index is 1.96. The molecule has 2 atom stereocenters. The van der Waals surface area contributed by atoms with Crippen molar-refractivity contribution in [1.82, 2.24) is 10.6 Å². The maximum Gasteiger partial charge on any atom is 0.573 e. The zero-order valence-corrected chi connectivity index (χ0v) is 11.3. The highest BCUT2D eigenvalue weighted by molar-refractivity contribution is 5.95. The van der Waals surface area contributed by atoms with Gasteiger partial charge in [-0.1, -0.05) is 6.07 Å². The van der Waals surface area contributed by atoms with E-state index in [-0.39, 0.29) is 23.4 Å². The zero-order valence-electron chi connectivity index (χ0n) is 11.3. The lowest BCUT2D eigenvalue weighted by molar-refractivity contribution is -0.274. The van der Waals surface area contributed by atoms with Gasteiger partial charge in [0.2, 0.25) is 5.91 Å². The minimum Gasteiger partial charge on any atom is -0.406 e. The van der Waals surface area contributed by atoms with Gasteiger partial charge < -0.3 is 20.7 Å². The predicted molar refractivity (Wildman–Crippen MR) is 71.0 cm³/mol. The van der Waals surface area contributed by atoms with Crippen molar-refractivity contribution in [2.24, 2.45) is 0 Å². The van der Waals surface area contributed by atoms with E-state index < -0.39 is 12.4 Å². The van der Waals surface area contributed by atoms with E-state index in [9.17, 15) is 18.0 Å². The number of hydrogen-bond donors (Lipinski definition) is 3. The van der Waals surface area contributed by atoms with Crippen LogP contribution in [-0.2, 0) is 4.79 Å². The van der Waals surface area contributed by atoms with Crippen LogP contribution < -0.4 is 20.7 Å². The average molecular weight is 303 g/mol. The number of rotatable bonds is 3. The van der Waals surface area contributed by atoms with Crippen LogP contribution in [0.3, 0.4) is 0 Å². The first kappa shape index (κ1) is 15.6. The standard InChI is InChI=1S/C13H16F3N3O2/c1-8-6-18-11(7-17-8)12(20)19-9-3-2-4-10(5-9)21-13(14,15)16/h2-5,8,11,17-18H,6-7H2,1H3,(H,19,20). The number of ether oxygens (including phenoxy) is 1. The lowest BCUT2D eigenvalue weighted by Gasteiger charge is -2.28. The van der Waals surface area contributed by atoms with Gasteiger partial charge in [0.1, 0.15) is 5.75 Å². The lowest BCUT2D eigenvalue weighted by atomic mass is 10.1. The van der Waals surface area contributed by atoms with Gasteiger partial charge >= 0.3 is 6.36 Å². The molecule has 5 nitrogen and oxygen atoms in total. The Hall–Kier alpha value is -1.80. The van der Waals surface area contributed by atoms with Crippen molar-refractivity contribution >= 4 is 11.6 Å². The predicted octanol–water partition coefficient (Wildman–Crippen LogP) is 1.47. The molecule has 0 aromatic heterocycles. The lowest BCUT2D eigenvalue weighted by Crippen LogP contribution is -2.57. The molecule has 1 heterocycles. The van der Waals surface area contributed by atoms with Crippen LogP contribution in [0.25, 0.3) is 0 Å². The first-order valence-corrected chi connectivity index (χ1v) is 6.47. The number of carbonyl (C=O) groups is 1. The van der Waals surface area contributed by atoms with Gasteiger partial charge in [0.25, 0.3) is 0 Å². The van der Waals surface area contributed by atoms with Gasteiger partial charge in [-0.2, -0.15) is 0 Å². The third-order valence-corrected chi connectivity index (χ3v) is 2.99. The van der Waals surface area contributed by atoms with E-state index in [1.807, 2.05) is 6.92 Å². The number of anilines is 1. The van der Waals surface area contributed by atoms with Gasteiger partial charge in [0, 0.05) is 30.9 Å². The van der Waals surface area contributed by atoms with Crippen LogP contribution >= 0.6 is 0 Å². The summed E-state index contributed by atoms with van der Waals surface area (Å²) in [4.78, 5) is 12.0. The molecule has 1 aromatic carbocycles. The normalized spacial score (nSPS) is 22.7. The number of halogens is 3. The molecule has 2 unspecified atom stereocenters. The molecule has 21 heavy (non-hydrogen) atoms. The molecule has 1 amide bonds. The number of benzene rings is 1. The van der Waals surface area contributed by atoms with Crippen LogP contribution in [-0.4, -0.2) is 37.4 Å². The smallest absolute Gasteiger partial charge is 0.406 e. The summed E-state index contributed by atoms with van der Waals surface area (Å²) >= 11 is 0. The topological polar surface area (TPSA) is 62.4 Å². The SMILES string of the molecule is CC1CNC(C(=O)Nc2cccc(OC(F)(F)F)c2)CN1. The summed E-state index contributed by atoms with van der Waals surface area (Å²) in [5, 5.41) is 8.76. The summed E-state index contributed by atoms with van der Waals surface area (Å²) in [5.41, 5.74) is 0.252. The monoisotopic (exact) mass is 303 g/mol. The number of alkyl halides is 3. The molecule has 1 aromatic rings. The van der Waals surface area contributed by atoms with Crippen LogP contribution in [0.15, 0.2) is 24.3 Å². The second-order valence-electron chi connectivity index (χ2n) is 4.84. The molecule has 0 radical (unpaired) electrons. The number of piperazine rings is 1. The van der Waals surface area contributed by atoms with Crippen molar-refractivity contribution in [2.45, 2.75) is 25.4 Å². The molecule has 1 saturated heterocycles. The maximum atomic E-state index is 12.1. The van der Waals surface area contributed by atoms with Crippen LogP contribution in [0.4, 0.5) is 18.9 Å². The minimum atomic E-state index is -4.76. The van der Waals surface area contributed by atoms with Gasteiger partial charge in [0.05, 0.1) is 6.04 Å². The number of nitrogens with one attached hydrogen (secondary N) is 3. The molecule has 0 aliphatic carbocycles. The Morgan fingerprint density at radius 3 is 2.71 bits per heavy atom. The van der Waals surface area contributed by atoms with Crippen LogP contribution in [0, 0.1) is 0 Å². The van der Waals surface area contributed by atoms with Gasteiger partial charge in [-0.25, -0.2) is 0 Å². The van der Waals surface area contributed by atoms with Crippen LogP contribution in [0.1, 0.15) is 6.92 Å². The van der Waals surface area contributed by atoms with E-state index in [1.54, 1.807) is 0 Å². The second kappa shape index (κ2) is 6.31. The first-order valence-electron chi connectivity index (χ1n) is 6.47. The molecule has 1 aliphatic heterocycles. The summed E-state index contributed by atoms with van der Waals surface area (Å²) in [6.07, 6.45) is -4.76. The molecular formula is C13H16F3N3O2. The highest BCUT2D eigenvalue weighted by atomic mass is 19.4. The molecule has 2 rings (SSSR count). The quantitative estimate of drug-likeness (QED) is 0.791. The Morgan fingerprint density at radius 1 is 1.33 bits per heavy atom. The van der Waals surface area contributed by atoms with Gasteiger partial charge in [-0.3, -0.25) is 4.79 Å². The molecule has 1 fully saturated rings. The van der Waals surface area contributed by atoms with E-state index >= 15 is 0 Å². The van der Waals surface area contributed by atoms with Gasteiger partial charge in [-0.15, -0.1) is 13.2 Å². The Bertz CT molecular complexity index is 500. The van der Waals surface area contributed by atoms with E-state index in [4.69, 9.17) is 0 Å². The van der Waals surface area contributed by atoms with Crippen molar-refractivity contribution in [2.75, 3.05) is 18.4 Å². The van der Waals surface area contributed by atoms with Crippen molar-refractivity contribution in [3.05, 3.63) is 24.3 Å². The fourth-order valence-corrected chi connectivity index (χ4v) is 1.97. The maximum absolute atomic E-state index is 12.1. The van der Waals surface area contributed by atoms with Crippen molar-refractivity contribution < 1.29 is 22.7 Å². The third-order valence-electron chi connectivity index (χ3n) is 2.99. The Kier molecular flexibility index (Phi) is 4.69. The fourth-order valence-electron chi connectivity index (χ4n) is 1.97. The Labute approximate surface area is 119 Å². The van der Waals surface area contributed by atoms with Crippen LogP contribution in [0.2, 0.25) is 0 Å². The van der Waals surface area contributed by atoms with Crippen molar-refractivity contribution in [3.8, 4) is 5.75 Å². The molecule has 0 bridgehead atoms. The molecular weight excluding hydrogens is 287 g/mol. The molecule has 116 valence electrons. The molecule has 3 N–H and O–H groups in total. The number of amides is 1. The number of carbonyl (C=O) groups excluding carboxylic acids is 1. The van der Waals surface area contributed by atoms with Crippen molar-refractivity contribution in [1.29, 1.82) is 0 Å². The van der Waals surface area contributed by atoms with Gasteiger partial charge in [-0.05, 0) is 19.1 Å². The van der Waals surface area contributed by atoms with E-state index in [0.29, 0.717) is 13.1 Å². The second-order valence-corrected chi connectivity index (χ2v) is 4.84.